The van der Waals surface area contributed by atoms with Crippen LogP contribution in [0.5, 0.6) is 5.75 Å². The molecule has 1 N–H and O–H groups in total. The minimum Gasteiger partial charge on any atom is -0.489 e. The van der Waals surface area contributed by atoms with Crippen molar-refractivity contribution >= 4 is 0 Å². The van der Waals surface area contributed by atoms with Crippen LogP contribution in [0.25, 0.3) is 0 Å². The monoisotopic (exact) mass is 257 g/mol. The second-order valence-electron chi connectivity index (χ2n) is 4.18. The van der Waals surface area contributed by atoms with Crippen molar-refractivity contribution in [2.75, 3.05) is 13.2 Å². The van der Waals surface area contributed by atoms with E-state index in [0.29, 0.717) is 6.54 Å². The fourth-order valence-electron chi connectivity index (χ4n) is 2.09. The van der Waals surface area contributed by atoms with E-state index in [1.165, 1.54) is 12.1 Å². The number of alkyl halides is 3. The molecule has 0 aromatic heterocycles. The first-order chi connectivity index (χ1) is 8.51. The van der Waals surface area contributed by atoms with Crippen LogP contribution in [0.3, 0.4) is 0 Å². The summed E-state index contributed by atoms with van der Waals surface area (Å²) in [6.07, 6.45) is -2.80. The Labute approximate surface area is 103 Å². The van der Waals surface area contributed by atoms with Gasteiger partial charge in [0.25, 0.3) is 0 Å². The highest BCUT2D eigenvalue weighted by atomic mass is 19.4. The number of hydrogen-bond acceptors (Lipinski definition) is 2. The average molecular weight is 257 g/mol. The van der Waals surface area contributed by atoms with Gasteiger partial charge in [-0.25, -0.2) is 0 Å². The van der Waals surface area contributed by atoms with Crippen molar-refractivity contribution in [1.82, 2.24) is 5.32 Å². The molecule has 0 amide bonds. The molecule has 2 rings (SSSR count). The van der Waals surface area contributed by atoms with Crippen molar-refractivity contribution in [1.29, 1.82) is 0 Å². The molecule has 1 aliphatic rings. The number of ether oxygens (including phenoxy) is 1. The SMILES string of the molecule is C=CCOc1ccccc1C1(C(F)(F)F)CCN1. The molecule has 1 fully saturated rings. The molecule has 0 bridgehead atoms. The maximum absolute atomic E-state index is 13.2. The van der Waals surface area contributed by atoms with E-state index >= 15 is 0 Å². The van der Waals surface area contributed by atoms with Gasteiger partial charge in [0.1, 0.15) is 17.9 Å². The second kappa shape index (κ2) is 4.65. The smallest absolute Gasteiger partial charge is 0.410 e. The van der Waals surface area contributed by atoms with Crippen LogP contribution < -0.4 is 10.1 Å². The number of nitrogens with one attached hydrogen (secondary N) is 1. The molecule has 5 heteroatoms. The Morgan fingerprint density at radius 2 is 2.06 bits per heavy atom. The summed E-state index contributed by atoms with van der Waals surface area (Å²) in [6, 6.07) is 6.25. The van der Waals surface area contributed by atoms with Gasteiger partial charge in [-0.2, -0.15) is 13.2 Å². The predicted molar refractivity (Wildman–Crippen MR) is 62.5 cm³/mol. The van der Waals surface area contributed by atoms with Crippen LogP contribution in [-0.2, 0) is 5.54 Å². The Hall–Kier alpha value is -1.49. The Balaban J connectivity index is 2.40. The molecule has 1 saturated heterocycles. The zero-order valence-corrected chi connectivity index (χ0v) is 9.76. The second-order valence-corrected chi connectivity index (χ2v) is 4.18. The van der Waals surface area contributed by atoms with Gasteiger partial charge in [-0.1, -0.05) is 30.9 Å². The van der Waals surface area contributed by atoms with Gasteiger partial charge in [-0.15, -0.1) is 0 Å². The Morgan fingerprint density at radius 1 is 1.39 bits per heavy atom. The molecule has 0 aliphatic carbocycles. The first-order valence-corrected chi connectivity index (χ1v) is 5.66. The van der Waals surface area contributed by atoms with Gasteiger partial charge in [0.2, 0.25) is 0 Å². The zero-order chi connectivity index (χ0) is 13.2. The van der Waals surface area contributed by atoms with Crippen molar-refractivity contribution in [2.24, 2.45) is 0 Å². The topological polar surface area (TPSA) is 21.3 Å². The van der Waals surface area contributed by atoms with Crippen LogP contribution in [0.2, 0.25) is 0 Å². The molecule has 0 saturated carbocycles. The summed E-state index contributed by atoms with van der Waals surface area (Å²) < 4.78 is 44.9. The van der Waals surface area contributed by atoms with Gasteiger partial charge < -0.3 is 4.74 Å². The van der Waals surface area contributed by atoms with Crippen LogP contribution in [0.1, 0.15) is 12.0 Å². The molecule has 0 radical (unpaired) electrons. The molecule has 1 atom stereocenters. The van der Waals surface area contributed by atoms with E-state index in [-0.39, 0.29) is 24.3 Å². The van der Waals surface area contributed by atoms with Crippen LogP contribution in [0, 0.1) is 0 Å². The highest BCUT2D eigenvalue weighted by Gasteiger charge is 2.60. The summed E-state index contributed by atoms with van der Waals surface area (Å²) in [4.78, 5) is 0. The van der Waals surface area contributed by atoms with Crippen LogP contribution in [0.15, 0.2) is 36.9 Å². The molecule has 18 heavy (non-hydrogen) atoms. The predicted octanol–water partition coefficient (Wildman–Crippen LogP) is 3.00. The molecule has 1 aliphatic heterocycles. The van der Waals surface area contributed by atoms with Crippen molar-refractivity contribution < 1.29 is 17.9 Å². The third-order valence-corrected chi connectivity index (χ3v) is 3.11. The lowest BCUT2D eigenvalue weighted by atomic mass is 9.79. The lowest BCUT2D eigenvalue weighted by molar-refractivity contribution is -0.221. The summed E-state index contributed by atoms with van der Waals surface area (Å²) in [5.41, 5.74) is -1.82. The summed E-state index contributed by atoms with van der Waals surface area (Å²) in [7, 11) is 0. The molecule has 1 unspecified atom stereocenters. The van der Waals surface area contributed by atoms with Crippen molar-refractivity contribution in [3.63, 3.8) is 0 Å². The molecule has 98 valence electrons. The first kappa shape index (κ1) is 13.0. The van der Waals surface area contributed by atoms with Gasteiger partial charge >= 0.3 is 6.18 Å². The highest BCUT2D eigenvalue weighted by Crippen LogP contribution is 2.48. The van der Waals surface area contributed by atoms with Crippen LogP contribution in [0.4, 0.5) is 13.2 Å². The van der Waals surface area contributed by atoms with E-state index in [1.54, 1.807) is 18.2 Å². The third kappa shape index (κ3) is 1.99. The minimum absolute atomic E-state index is 0.0327. The fourth-order valence-corrected chi connectivity index (χ4v) is 2.09. The Kier molecular flexibility index (Phi) is 3.34. The first-order valence-electron chi connectivity index (χ1n) is 5.66. The van der Waals surface area contributed by atoms with E-state index < -0.39 is 11.7 Å². The highest BCUT2D eigenvalue weighted by molar-refractivity contribution is 5.42. The van der Waals surface area contributed by atoms with Crippen LogP contribution in [-0.4, -0.2) is 19.3 Å². The van der Waals surface area contributed by atoms with Gasteiger partial charge in [-0.3, -0.25) is 5.32 Å². The lowest BCUT2D eigenvalue weighted by Gasteiger charge is -2.45. The molecular formula is C13H14F3NO. The van der Waals surface area contributed by atoms with Crippen molar-refractivity contribution in [3.05, 3.63) is 42.5 Å². The molecule has 1 heterocycles. The van der Waals surface area contributed by atoms with Gasteiger partial charge in [0, 0.05) is 5.56 Å². The maximum atomic E-state index is 13.2. The molecule has 1 aromatic carbocycles. The summed E-state index contributed by atoms with van der Waals surface area (Å²) in [6.45, 7) is 4.03. The Morgan fingerprint density at radius 3 is 2.56 bits per heavy atom. The minimum atomic E-state index is -4.33. The van der Waals surface area contributed by atoms with Crippen molar-refractivity contribution in [3.8, 4) is 5.75 Å². The number of halogens is 3. The van der Waals surface area contributed by atoms with E-state index in [0.717, 1.165) is 0 Å². The summed E-state index contributed by atoms with van der Waals surface area (Å²) in [5.74, 6) is 0.252. The van der Waals surface area contributed by atoms with Gasteiger partial charge in [-0.05, 0) is 19.0 Å². The molecule has 0 spiro atoms. The van der Waals surface area contributed by atoms with Gasteiger partial charge in [0.05, 0.1) is 0 Å². The average Bonchev–Trinajstić information content (AvgIpc) is 2.24. The number of hydrogen-bond donors (Lipinski definition) is 1. The summed E-state index contributed by atoms with van der Waals surface area (Å²) >= 11 is 0. The number of benzene rings is 1. The molecular weight excluding hydrogens is 243 g/mol. The lowest BCUT2D eigenvalue weighted by Crippen LogP contribution is -2.63. The van der Waals surface area contributed by atoms with Crippen LogP contribution >= 0.6 is 0 Å². The van der Waals surface area contributed by atoms with Gasteiger partial charge in [0.15, 0.2) is 0 Å². The number of para-hydroxylation sites is 1. The Bertz CT molecular complexity index is 438. The largest absolute Gasteiger partial charge is 0.489 e. The standard InChI is InChI=1S/C13H14F3NO/c1-2-9-18-11-6-4-3-5-10(11)12(7-8-17-12)13(14,15)16/h2-6,17H,1,7-9H2. The fraction of sp³-hybridized carbons (Fsp3) is 0.385. The van der Waals surface area contributed by atoms with E-state index in [9.17, 15) is 13.2 Å². The van der Waals surface area contributed by atoms with Crippen molar-refractivity contribution in [2.45, 2.75) is 18.1 Å². The number of rotatable bonds is 4. The molecule has 1 aromatic rings. The molecule has 2 nitrogen and oxygen atoms in total. The van der Waals surface area contributed by atoms with E-state index in [2.05, 4.69) is 11.9 Å². The normalized spacial score (nSPS) is 23.3. The third-order valence-electron chi connectivity index (χ3n) is 3.11. The maximum Gasteiger partial charge on any atom is 0.410 e. The van der Waals surface area contributed by atoms with E-state index in [4.69, 9.17) is 4.74 Å². The van der Waals surface area contributed by atoms with E-state index in [1.807, 2.05) is 0 Å². The zero-order valence-electron chi connectivity index (χ0n) is 9.76. The quantitative estimate of drug-likeness (QED) is 0.837. The summed E-state index contributed by atoms with van der Waals surface area (Å²) in [5, 5.41) is 2.50.